The van der Waals surface area contributed by atoms with Gasteiger partial charge in [0.05, 0.1) is 11.1 Å². The molecule has 0 radical (unpaired) electrons. The first-order chi connectivity index (χ1) is 9.08. The molecule has 19 heavy (non-hydrogen) atoms. The number of fused-ring (bicyclic) bond motifs is 1. The van der Waals surface area contributed by atoms with Gasteiger partial charge in [0.1, 0.15) is 0 Å². The third-order valence-corrected chi connectivity index (χ3v) is 3.46. The van der Waals surface area contributed by atoms with Crippen LogP contribution in [0.2, 0.25) is 0 Å². The van der Waals surface area contributed by atoms with E-state index in [0.717, 1.165) is 34.9 Å². The molecule has 1 aromatic carbocycles. The zero-order valence-electron chi connectivity index (χ0n) is 11.3. The van der Waals surface area contributed by atoms with E-state index in [1.807, 2.05) is 24.7 Å². The lowest BCUT2D eigenvalue weighted by molar-refractivity contribution is 0.0698. The van der Waals surface area contributed by atoms with Gasteiger partial charge in [-0.2, -0.15) is 0 Å². The van der Waals surface area contributed by atoms with Crippen LogP contribution in [-0.4, -0.2) is 27.4 Å². The molecule has 2 rings (SSSR count). The smallest absolute Gasteiger partial charge is 0.337 e. The van der Waals surface area contributed by atoms with Crippen molar-refractivity contribution in [1.29, 1.82) is 0 Å². The van der Waals surface area contributed by atoms with E-state index >= 15 is 0 Å². The van der Waals surface area contributed by atoms with Gasteiger partial charge in [-0.1, -0.05) is 6.92 Å². The summed E-state index contributed by atoms with van der Waals surface area (Å²) in [4.78, 5) is 11.4. The van der Waals surface area contributed by atoms with Crippen molar-refractivity contribution >= 4 is 16.9 Å². The molecule has 1 aromatic heterocycles. The molecule has 0 atom stereocenters. The highest BCUT2D eigenvalue weighted by Crippen LogP contribution is 2.27. The van der Waals surface area contributed by atoms with Gasteiger partial charge < -0.3 is 14.8 Å². The van der Waals surface area contributed by atoms with Crippen LogP contribution in [0.4, 0.5) is 0 Å². The van der Waals surface area contributed by atoms with Crippen molar-refractivity contribution in [2.24, 2.45) is 7.05 Å². The van der Waals surface area contributed by atoms with Gasteiger partial charge in [0.15, 0.2) is 0 Å². The van der Waals surface area contributed by atoms with Gasteiger partial charge in [-0.05, 0) is 42.5 Å². The third-order valence-electron chi connectivity index (χ3n) is 3.46. The maximum Gasteiger partial charge on any atom is 0.337 e. The standard InChI is InChI=1S/C15H19NO3/c1-3-10-7-12-11(5-4-6-17)9-16(2)14(12)13(8-10)15(18)19/h7-9,17H,3-6H2,1-2H3,(H,18,19). The number of aliphatic hydroxyl groups excluding tert-OH is 1. The van der Waals surface area contributed by atoms with Crippen LogP contribution in [-0.2, 0) is 19.9 Å². The summed E-state index contributed by atoms with van der Waals surface area (Å²) in [7, 11) is 1.86. The highest BCUT2D eigenvalue weighted by Gasteiger charge is 2.16. The van der Waals surface area contributed by atoms with Gasteiger partial charge in [-0.15, -0.1) is 0 Å². The number of aliphatic hydroxyl groups is 1. The predicted molar refractivity (Wildman–Crippen MR) is 74.7 cm³/mol. The van der Waals surface area contributed by atoms with Crippen LogP contribution in [0, 0.1) is 0 Å². The molecule has 0 saturated heterocycles. The average molecular weight is 261 g/mol. The van der Waals surface area contributed by atoms with Crippen LogP contribution in [0.5, 0.6) is 0 Å². The molecule has 1 heterocycles. The summed E-state index contributed by atoms with van der Waals surface area (Å²) in [5.74, 6) is -0.893. The molecule has 0 amide bonds. The minimum absolute atomic E-state index is 0.148. The van der Waals surface area contributed by atoms with Gasteiger partial charge in [0.2, 0.25) is 0 Å². The summed E-state index contributed by atoms with van der Waals surface area (Å²) < 4.78 is 1.87. The van der Waals surface area contributed by atoms with E-state index in [0.29, 0.717) is 12.0 Å². The topological polar surface area (TPSA) is 62.5 Å². The van der Waals surface area contributed by atoms with Crippen LogP contribution in [0.15, 0.2) is 18.3 Å². The number of carboxylic acids is 1. The largest absolute Gasteiger partial charge is 0.478 e. The fraction of sp³-hybridized carbons (Fsp3) is 0.400. The lowest BCUT2D eigenvalue weighted by atomic mass is 10.0. The molecule has 0 spiro atoms. The van der Waals surface area contributed by atoms with Gasteiger partial charge in [0, 0.05) is 25.2 Å². The molecule has 0 unspecified atom stereocenters. The second-order valence-corrected chi connectivity index (χ2v) is 4.79. The van der Waals surface area contributed by atoms with Crippen molar-refractivity contribution in [3.8, 4) is 0 Å². The molecule has 2 aromatic rings. The molecule has 2 N–H and O–H groups in total. The summed E-state index contributed by atoms with van der Waals surface area (Å²) in [5, 5.41) is 19.3. The first kappa shape index (κ1) is 13.6. The van der Waals surface area contributed by atoms with Crippen LogP contribution in [0.3, 0.4) is 0 Å². The zero-order valence-corrected chi connectivity index (χ0v) is 11.3. The van der Waals surface area contributed by atoms with E-state index in [4.69, 9.17) is 5.11 Å². The minimum Gasteiger partial charge on any atom is -0.478 e. The van der Waals surface area contributed by atoms with E-state index in [1.54, 1.807) is 6.07 Å². The summed E-state index contributed by atoms with van der Waals surface area (Å²) in [5.41, 5.74) is 3.25. The average Bonchev–Trinajstić information content (AvgIpc) is 2.72. The van der Waals surface area contributed by atoms with Crippen molar-refractivity contribution in [3.63, 3.8) is 0 Å². The predicted octanol–water partition coefficient (Wildman–Crippen LogP) is 2.36. The van der Waals surface area contributed by atoms with Crippen LogP contribution < -0.4 is 0 Å². The Bertz CT molecular complexity index is 613. The Morgan fingerprint density at radius 2 is 2.11 bits per heavy atom. The third kappa shape index (κ3) is 2.49. The van der Waals surface area contributed by atoms with Crippen molar-refractivity contribution in [2.75, 3.05) is 6.61 Å². The number of benzene rings is 1. The molecule has 0 saturated carbocycles. The van der Waals surface area contributed by atoms with Crippen molar-refractivity contribution in [2.45, 2.75) is 26.2 Å². The van der Waals surface area contributed by atoms with Crippen molar-refractivity contribution < 1.29 is 15.0 Å². The van der Waals surface area contributed by atoms with Crippen LogP contribution in [0.25, 0.3) is 10.9 Å². The number of hydrogen-bond donors (Lipinski definition) is 2. The molecule has 4 nitrogen and oxygen atoms in total. The highest BCUT2D eigenvalue weighted by atomic mass is 16.4. The number of nitrogens with zero attached hydrogens (tertiary/aromatic N) is 1. The number of hydrogen-bond acceptors (Lipinski definition) is 2. The number of aromatic carboxylic acids is 1. The lowest BCUT2D eigenvalue weighted by Gasteiger charge is -2.06. The van der Waals surface area contributed by atoms with E-state index < -0.39 is 5.97 Å². The minimum atomic E-state index is -0.893. The van der Waals surface area contributed by atoms with Gasteiger partial charge in [0.25, 0.3) is 0 Å². The number of carboxylic acid groups (broad SMARTS) is 1. The van der Waals surface area contributed by atoms with E-state index in [9.17, 15) is 9.90 Å². The summed E-state index contributed by atoms with van der Waals surface area (Å²) in [6.07, 6.45) is 4.23. The maximum absolute atomic E-state index is 11.4. The maximum atomic E-state index is 11.4. The van der Waals surface area contributed by atoms with Gasteiger partial charge in [-0.3, -0.25) is 0 Å². The summed E-state index contributed by atoms with van der Waals surface area (Å²) in [6.45, 7) is 2.17. The monoisotopic (exact) mass is 261 g/mol. The lowest BCUT2D eigenvalue weighted by Crippen LogP contribution is -2.01. The number of aryl methyl sites for hydroxylation is 3. The van der Waals surface area contributed by atoms with Gasteiger partial charge in [-0.25, -0.2) is 4.79 Å². The number of carbonyl (C=O) groups is 1. The molecular weight excluding hydrogens is 242 g/mol. The van der Waals surface area contributed by atoms with Crippen molar-refractivity contribution in [1.82, 2.24) is 4.57 Å². The molecule has 0 aliphatic heterocycles. The molecule has 0 bridgehead atoms. The highest BCUT2D eigenvalue weighted by molar-refractivity contribution is 6.03. The Balaban J connectivity index is 2.68. The Morgan fingerprint density at radius 3 is 2.68 bits per heavy atom. The summed E-state index contributed by atoms with van der Waals surface area (Å²) >= 11 is 0. The quantitative estimate of drug-likeness (QED) is 0.868. The Kier molecular flexibility index (Phi) is 3.90. The number of rotatable bonds is 5. The van der Waals surface area contributed by atoms with Gasteiger partial charge >= 0.3 is 5.97 Å². The first-order valence-electron chi connectivity index (χ1n) is 6.53. The summed E-state index contributed by atoms with van der Waals surface area (Å²) in [6, 6.07) is 3.81. The van der Waals surface area contributed by atoms with Crippen molar-refractivity contribution in [3.05, 3.63) is 35.0 Å². The molecular formula is C15H19NO3. The fourth-order valence-electron chi connectivity index (χ4n) is 2.52. The molecule has 0 aliphatic rings. The Morgan fingerprint density at radius 1 is 1.37 bits per heavy atom. The van der Waals surface area contributed by atoms with Crippen LogP contribution >= 0.6 is 0 Å². The number of aromatic nitrogens is 1. The van der Waals surface area contributed by atoms with E-state index in [2.05, 4.69) is 6.07 Å². The fourth-order valence-corrected chi connectivity index (χ4v) is 2.52. The van der Waals surface area contributed by atoms with E-state index in [1.165, 1.54) is 0 Å². The zero-order chi connectivity index (χ0) is 14.0. The molecule has 0 aliphatic carbocycles. The molecule has 102 valence electrons. The second-order valence-electron chi connectivity index (χ2n) is 4.79. The first-order valence-corrected chi connectivity index (χ1v) is 6.53. The molecule has 0 fully saturated rings. The second kappa shape index (κ2) is 5.45. The Hall–Kier alpha value is -1.81. The molecule has 4 heteroatoms. The Labute approximate surface area is 112 Å². The van der Waals surface area contributed by atoms with E-state index in [-0.39, 0.29) is 6.61 Å². The SMILES string of the molecule is CCc1cc(C(=O)O)c2c(c1)c(CCCO)cn2C. The van der Waals surface area contributed by atoms with Crippen LogP contribution in [0.1, 0.15) is 34.8 Å². The normalized spacial score (nSPS) is 11.1.